The minimum Gasteiger partial charge on any atom is -0.378 e. The summed E-state index contributed by atoms with van der Waals surface area (Å²) in [6.45, 7) is 0.485. The Kier molecular flexibility index (Phi) is 3.92. The van der Waals surface area contributed by atoms with Gasteiger partial charge in [0.2, 0.25) is 0 Å². The molecule has 0 radical (unpaired) electrons. The number of hydrogen-bond acceptors (Lipinski definition) is 4. The Hall–Kier alpha value is -2.27. The van der Waals surface area contributed by atoms with E-state index in [2.05, 4.69) is 27.4 Å². The third kappa shape index (κ3) is 3.08. The van der Waals surface area contributed by atoms with Gasteiger partial charge in [-0.25, -0.2) is 4.98 Å². The van der Waals surface area contributed by atoms with Gasteiger partial charge in [0.05, 0.1) is 17.4 Å². The maximum atomic E-state index is 12.0. The van der Waals surface area contributed by atoms with Gasteiger partial charge in [0.15, 0.2) is 0 Å². The molecular weight excluding hydrogens is 282 g/mol. The lowest BCUT2D eigenvalue weighted by atomic mass is 10.2. The number of aromatic amines is 1. The Labute approximate surface area is 126 Å². The first kappa shape index (κ1) is 13.7. The monoisotopic (exact) mass is 297 g/mol. The summed E-state index contributed by atoms with van der Waals surface area (Å²) >= 11 is 1.71. The van der Waals surface area contributed by atoms with Crippen LogP contribution < -0.4 is 10.9 Å². The third-order valence-corrected chi connectivity index (χ3v) is 3.96. The highest BCUT2D eigenvalue weighted by molar-refractivity contribution is 7.98. The lowest BCUT2D eigenvalue weighted by molar-refractivity contribution is 0.953. The molecule has 106 valence electrons. The van der Waals surface area contributed by atoms with Gasteiger partial charge in [0.1, 0.15) is 5.82 Å². The molecule has 0 aliphatic rings. The normalized spacial score (nSPS) is 10.7. The van der Waals surface area contributed by atoms with E-state index in [1.54, 1.807) is 17.8 Å². The van der Waals surface area contributed by atoms with Gasteiger partial charge in [-0.1, -0.05) is 12.1 Å². The summed E-state index contributed by atoms with van der Waals surface area (Å²) in [6.07, 6.45) is 2.05. The van der Waals surface area contributed by atoms with Crippen molar-refractivity contribution in [3.63, 3.8) is 0 Å². The molecule has 1 aromatic heterocycles. The van der Waals surface area contributed by atoms with Crippen LogP contribution in [-0.2, 0) is 6.54 Å². The molecule has 0 saturated carbocycles. The zero-order valence-electron chi connectivity index (χ0n) is 11.6. The quantitative estimate of drug-likeness (QED) is 0.726. The SMILES string of the molecule is CSc1ccc(NCc2nc3ccccc3c(=O)[nH]2)cc1. The lowest BCUT2D eigenvalue weighted by Crippen LogP contribution is -2.14. The lowest BCUT2D eigenvalue weighted by Gasteiger charge is -2.07. The molecule has 0 bridgehead atoms. The van der Waals surface area contributed by atoms with Crippen molar-refractivity contribution in [2.24, 2.45) is 0 Å². The number of H-pyrrole nitrogens is 1. The Bertz CT molecular complexity index is 812. The second-order valence-electron chi connectivity index (χ2n) is 4.61. The average Bonchev–Trinajstić information content (AvgIpc) is 2.53. The van der Waals surface area contributed by atoms with E-state index in [0.717, 1.165) is 11.2 Å². The Morgan fingerprint density at radius 3 is 2.67 bits per heavy atom. The first-order valence-electron chi connectivity index (χ1n) is 6.62. The summed E-state index contributed by atoms with van der Waals surface area (Å²) in [5.41, 5.74) is 1.62. The summed E-state index contributed by atoms with van der Waals surface area (Å²) < 4.78 is 0. The topological polar surface area (TPSA) is 57.8 Å². The second-order valence-corrected chi connectivity index (χ2v) is 5.49. The molecule has 2 N–H and O–H groups in total. The van der Waals surface area contributed by atoms with Crippen LogP contribution in [0.4, 0.5) is 5.69 Å². The van der Waals surface area contributed by atoms with Crippen LogP contribution in [0.3, 0.4) is 0 Å². The van der Waals surface area contributed by atoms with E-state index in [0.29, 0.717) is 17.8 Å². The molecule has 4 nitrogen and oxygen atoms in total. The largest absolute Gasteiger partial charge is 0.378 e. The summed E-state index contributed by atoms with van der Waals surface area (Å²) in [4.78, 5) is 20.5. The summed E-state index contributed by atoms with van der Waals surface area (Å²) in [5.74, 6) is 0.632. The highest BCUT2D eigenvalue weighted by Gasteiger charge is 2.03. The fourth-order valence-electron chi connectivity index (χ4n) is 2.11. The molecule has 0 atom stereocenters. The van der Waals surface area contributed by atoms with Gasteiger partial charge >= 0.3 is 0 Å². The van der Waals surface area contributed by atoms with E-state index in [1.807, 2.05) is 36.6 Å². The number of thioether (sulfide) groups is 1. The number of para-hydroxylation sites is 1. The van der Waals surface area contributed by atoms with Gasteiger partial charge < -0.3 is 10.3 Å². The first-order chi connectivity index (χ1) is 10.3. The molecule has 2 aromatic carbocycles. The molecule has 3 aromatic rings. The van der Waals surface area contributed by atoms with E-state index >= 15 is 0 Å². The van der Waals surface area contributed by atoms with E-state index < -0.39 is 0 Å². The van der Waals surface area contributed by atoms with Crippen LogP contribution in [0.5, 0.6) is 0 Å². The highest BCUT2D eigenvalue weighted by Crippen LogP contribution is 2.17. The van der Waals surface area contributed by atoms with Gasteiger partial charge in [0.25, 0.3) is 5.56 Å². The van der Waals surface area contributed by atoms with Crippen LogP contribution in [0.1, 0.15) is 5.82 Å². The maximum Gasteiger partial charge on any atom is 0.258 e. The van der Waals surface area contributed by atoms with Crippen molar-refractivity contribution in [3.05, 3.63) is 64.7 Å². The minimum atomic E-state index is -0.102. The molecule has 21 heavy (non-hydrogen) atoms. The standard InChI is InChI=1S/C16H15N3OS/c1-21-12-8-6-11(7-9-12)17-10-15-18-14-5-3-2-4-13(14)16(20)19-15/h2-9,17H,10H2,1H3,(H,18,19,20). The highest BCUT2D eigenvalue weighted by atomic mass is 32.2. The van der Waals surface area contributed by atoms with Crippen molar-refractivity contribution in [1.29, 1.82) is 0 Å². The van der Waals surface area contributed by atoms with Crippen LogP contribution >= 0.6 is 11.8 Å². The van der Waals surface area contributed by atoms with Crippen LogP contribution in [0.15, 0.2) is 58.2 Å². The fraction of sp³-hybridized carbons (Fsp3) is 0.125. The van der Waals surface area contributed by atoms with Gasteiger partial charge in [0, 0.05) is 10.6 Å². The van der Waals surface area contributed by atoms with E-state index in [4.69, 9.17) is 0 Å². The van der Waals surface area contributed by atoms with Crippen molar-refractivity contribution in [2.75, 3.05) is 11.6 Å². The zero-order chi connectivity index (χ0) is 14.7. The molecule has 0 spiro atoms. The molecule has 0 saturated heterocycles. The smallest absolute Gasteiger partial charge is 0.258 e. The van der Waals surface area contributed by atoms with Crippen LogP contribution in [0.25, 0.3) is 10.9 Å². The van der Waals surface area contributed by atoms with Gasteiger partial charge in [-0.3, -0.25) is 4.79 Å². The molecule has 1 heterocycles. The van der Waals surface area contributed by atoms with Gasteiger partial charge in [-0.2, -0.15) is 0 Å². The summed E-state index contributed by atoms with van der Waals surface area (Å²) in [5, 5.41) is 3.88. The minimum absolute atomic E-state index is 0.102. The third-order valence-electron chi connectivity index (χ3n) is 3.21. The zero-order valence-corrected chi connectivity index (χ0v) is 12.4. The Morgan fingerprint density at radius 1 is 1.14 bits per heavy atom. The van der Waals surface area contributed by atoms with Crippen molar-refractivity contribution >= 4 is 28.4 Å². The number of anilines is 1. The number of aromatic nitrogens is 2. The van der Waals surface area contributed by atoms with Crippen molar-refractivity contribution < 1.29 is 0 Å². The number of fused-ring (bicyclic) bond motifs is 1. The van der Waals surface area contributed by atoms with Crippen molar-refractivity contribution in [1.82, 2.24) is 9.97 Å². The first-order valence-corrected chi connectivity index (χ1v) is 7.84. The maximum absolute atomic E-state index is 12.0. The predicted molar refractivity (Wildman–Crippen MR) is 87.9 cm³/mol. The molecule has 0 amide bonds. The number of nitrogens with one attached hydrogen (secondary N) is 2. The number of rotatable bonds is 4. The fourth-order valence-corrected chi connectivity index (χ4v) is 2.52. The van der Waals surface area contributed by atoms with Crippen molar-refractivity contribution in [2.45, 2.75) is 11.4 Å². The predicted octanol–water partition coefficient (Wildman–Crippen LogP) is 3.26. The molecule has 0 unspecified atom stereocenters. The molecule has 5 heteroatoms. The van der Waals surface area contributed by atoms with Gasteiger partial charge in [-0.15, -0.1) is 11.8 Å². The van der Waals surface area contributed by atoms with E-state index in [9.17, 15) is 4.79 Å². The van der Waals surface area contributed by atoms with E-state index in [-0.39, 0.29) is 5.56 Å². The average molecular weight is 297 g/mol. The van der Waals surface area contributed by atoms with Gasteiger partial charge in [-0.05, 0) is 42.7 Å². The molecule has 0 aliphatic carbocycles. The summed E-state index contributed by atoms with van der Waals surface area (Å²) in [7, 11) is 0. The van der Waals surface area contributed by atoms with Crippen molar-refractivity contribution in [3.8, 4) is 0 Å². The van der Waals surface area contributed by atoms with Crippen LogP contribution in [0.2, 0.25) is 0 Å². The number of benzene rings is 2. The van der Waals surface area contributed by atoms with Crippen LogP contribution in [-0.4, -0.2) is 16.2 Å². The number of nitrogens with zero attached hydrogens (tertiary/aromatic N) is 1. The molecule has 3 rings (SSSR count). The van der Waals surface area contributed by atoms with Crippen LogP contribution in [0, 0.1) is 0 Å². The Morgan fingerprint density at radius 2 is 1.90 bits per heavy atom. The molecular formula is C16H15N3OS. The Balaban J connectivity index is 1.80. The second kappa shape index (κ2) is 6.01. The molecule has 0 fully saturated rings. The molecule has 0 aliphatic heterocycles. The summed E-state index contributed by atoms with van der Waals surface area (Å²) in [6, 6.07) is 15.5. The van der Waals surface area contributed by atoms with E-state index in [1.165, 1.54) is 4.90 Å². The number of hydrogen-bond donors (Lipinski definition) is 2.